The van der Waals surface area contributed by atoms with Crippen molar-refractivity contribution in [2.45, 2.75) is 6.42 Å². The van der Waals surface area contributed by atoms with Gasteiger partial charge in [-0.05, 0) is 22.4 Å². The predicted octanol–water partition coefficient (Wildman–Crippen LogP) is 1.88. The van der Waals surface area contributed by atoms with E-state index in [-0.39, 0.29) is 11.7 Å². The lowest BCUT2D eigenvalue weighted by Crippen LogP contribution is -2.21. The number of carbonyl (C=O) groups is 1. The second-order valence-corrected chi connectivity index (χ2v) is 4.13. The highest BCUT2D eigenvalue weighted by Gasteiger charge is 2.24. The van der Waals surface area contributed by atoms with Gasteiger partial charge in [-0.3, -0.25) is 10.2 Å². The fourth-order valence-corrected chi connectivity index (χ4v) is 2.39. The van der Waals surface area contributed by atoms with Crippen molar-refractivity contribution in [3.63, 3.8) is 0 Å². The number of nitrogens with two attached hydrogens (primary N) is 1. The first-order valence-electron chi connectivity index (χ1n) is 5.35. The SMILES string of the molecule is N=C(N)Nc1ccc2cccc3c2c1CC3=O. The summed E-state index contributed by atoms with van der Waals surface area (Å²) >= 11 is 0. The number of nitrogens with one attached hydrogen (secondary N) is 2. The average molecular weight is 225 g/mol. The Labute approximate surface area is 97.9 Å². The summed E-state index contributed by atoms with van der Waals surface area (Å²) in [6.45, 7) is 0. The summed E-state index contributed by atoms with van der Waals surface area (Å²) in [5.41, 5.74) is 7.80. The summed E-state index contributed by atoms with van der Waals surface area (Å²) < 4.78 is 0. The summed E-state index contributed by atoms with van der Waals surface area (Å²) in [4.78, 5) is 11.9. The van der Waals surface area contributed by atoms with Crippen molar-refractivity contribution in [3.05, 3.63) is 41.5 Å². The Morgan fingerprint density at radius 1 is 1.29 bits per heavy atom. The van der Waals surface area contributed by atoms with Crippen LogP contribution in [0.15, 0.2) is 30.3 Å². The first-order valence-corrected chi connectivity index (χ1v) is 5.35. The van der Waals surface area contributed by atoms with Crippen molar-refractivity contribution in [1.29, 1.82) is 5.41 Å². The molecule has 4 nitrogen and oxygen atoms in total. The molecule has 1 aliphatic rings. The van der Waals surface area contributed by atoms with Crippen LogP contribution in [0.5, 0.6) is 0 Å². The van der Waals surface area contributed by atoms with E-state index in [1.165, 1.54) is 0 Å². The molecule has 0 aliphatic heterocycles. The number of ketones is 1. The molecule has 0 radical (unpaired) electrons. The van der Waals surface area contributed by atoms with Gasteiger partial charge in [0.05, 0.1) is 0 Å². The highest BCUT2D eigenvalue weighted by atomic mass is 16.1. The number of Topliss-reactive ketones (excluding diaryl/α,β-unsaturated/α-hetero) is 1. The molecule has 0 spiro atoms. The molecule has 0 aromatic heterocycles. The predicted molar refractivity (Wildman–Crippen MR) is 67.5 cm³/mol. The molecule has 0 atom stereocenters. The second kappa shape index (κ2) is 3.31. The lowest BCUT2D eigenvalue weighted by molar-refractivity contribution is 0.1000. The van der Waals surface area contributed by atoms with Crippen LogP contribution < -0.4 is 11.1 Å². The van der Waals surface area contributed by atoms with Crippen LogP contribution in [0.1, 0.15) is 15.9 Å². The van der Waals surface area contributed by atoms with Crippen LogP contribution in [0.25, 0.3) is 10.8 Å². The molecule has 2 aromatic carbocycles. The number of carbonyl (C=O) groups excluding carboxylic acids is 1. The number of guanidine groups is 1. The minimum atomic E-state index is -0.113. The van der Waals surface area contributed by atoms with E-state index in [1.54, 1.807) is 0 Å². The van der Waals surface area contributed by atoms with Crippen LogP contribution in [0, 0.1) is 5.41 Å². The lowest BCUT2D eigenvalue weighted by atomic mass is 10.0. The molecule has 0 saturated heterocycles. The molecule has 0 saturated carbocycles. The van der Waals surface area contributed by atoms with Gasteiger partial charge in [-0.2, -0.15) is 0 Å². The van der Waals surface area contributed by atoms with Gasteiger partial charge >= 0.3 is 0 Å². The molecule has 84 valence electrons. The summed E-state index contributed by atoms with van der Waals surface area (Å²) in [5, 5.41) is 12.1. The first-order chi connectivity index (χ1) is 8.16. The molecule has 3 rings (SSSR count). The number of hydrogen-bond donors (Lipinski definition) is 3. The van der Waals surface area contributed by atoms with Crippen LogP contribution in [-0.2, 0) is 6.42 Å². The number of benzene rings is 2. The topological polar surface area (TPSA) is 79.0 Å². The smallest absolute Gasteiger partial charge is 0.190 e. The van der Waals surface area contributed by atoms with Gasteiger partial charge in [0.2, 0.25) is 0 Å². The second-order valence-electron chi connectivity index (χ2n) is 4.13. The number of rotatable bonds is 1. The van der Waals surface area contributed by atoms with Gasteiger partial charge in [0, 0.05) is 17.7 Å². The summed E-state index contributed by atoms with van der Waals surface area (Å²) in [5.74, 6) is 0.0147. The third-order valence-electron chi connectivity index (χ3n) is 3.06. The molecule has 17 heavy (non-hydrogen) atoms. The molecule has 4 N–H and O–H groups in total. The van der Waals surface area contributed by atoms with Crippen molar-refractivity contribution >= 4 is 28.2 Å². The maximum absolute atomic E-state index is 11.9. The van der Waals surface area contributed by atoms with Gasteiger partial charge in [-0.15, -0.1) is 0 Å². The van der Waals surface area contributed by atoms with E-state index in [9.17, 15) is 4.79 Å². The molecule has 0 heterocycles. The van der Waals surface area contributed by atoms with E-state index in [0.717, 1.165) is 27.6 Å². The lowest BCUT2D eigenvalue weighted by Gasteiger charge is -2.09. The van der Waals surface area contributed by atoms with Crippen LogP contribution in [0.2, 0.25) is 0 Å². The van der Waals surface area contributed by atoms with E-state index in [0.29, 0.717) is 6.42 Å². The fraction of sp³-hybridized carbons (Fsp3) is 0.0769. The molecular weight excluding hydrogens is 214 g/mol. The zero-order chi connectivity index (χ0) is 12.0. The Hall–Kier alpha value is -2.36. The minimum Gasteiger partial charge on any atom is -0.370 e. The van der Waals surface area contributed by atoms with E-state index in [2.05, 4.69) is 5.32 Å². The van der Waals surface area contributed by atoms with Gasteiger partial charge in [0.15, 0.2) is 11.7 Å². The van der Waals surface area contributed by atoms with Gasteiger partial charge in [0.25, 0.3) is 0 Å². The molecule has 4 heteroatoms. The fourth-order valence-electron chi connectivity index (χ4n) is 2.39. The molecule has 0 fully saturated rings. The van der Waals surface area contributed by atoms with E-state index >= 15 is 0 Å². The Morgan fingerprint density at radius 3 is 2.88 bits per heavy atom. The van der Waals surface area contributed by atoms with E-state index in [1.807, 2.05) is 30.3 Å². The molecule has 2 aromatic rings. The first kappa shape index (κ1) is 9.84. The zero-order valence-electron chi connectivity index (χ0n) is 9.08. The van der Waals surface area contributed by atoms with Crippen LogP contribution >= 0.6 is 0 Å². The molecular formula is C13H11N3O. The van der Waals surface area contributed by atoms with Gasteiger partial charge in [0.1, 0.15) is 0 Å². The highest BCUT2D eigenvalue weighted by molar-refractivity contribution is 6.17. The summed E-state index contributed by atoms with van der Waals surface area (Å²) in [6, 6.07) is 9.52. The molecule has 1 aliphatic carbocycles. The third kappa shape index (κ3) is 1.38. The van der Waals surface area contributed by atoms with Crippen LogP contribution in [0.4, 0.5) is 5.69 Å². The van der Waals surface area contributed by atoms with E-state index < -0.39 is 0 Å². The quantitative estimate of drug-likeness (QED) is 0.512. The molecule has 0 bridgehead atoms. The van der Waals surface area contributed by atoms with Gasteiger partial charge in [-0.1, -0.05) is 24.3 Å². The Kier molecular flexibility index (Phi) is 1.92. The van der Waals surface area contributed by atoms with Gasteiger partial charge in [-0.25, -0.2) is 0 Å². The Bertz CT molecular complexity index is 661. The zero-order valence-corrected chi connectivity index (χ0v) is 9.08. The Balaban J connectivity index is 2.31. The third-order valence-corrected chi connectivity index (χ3v) is 3.06. The number of anilines is 1. The van der Waals surface area contributed by atoms with Crippen molar-refractivity contribution in [2.75, 3.05) is 5.32 Å². The minimum absolute atomic E-state index is 0.113. The Morgan fingerprint density at radius 2 is 2.12 bits per heavy atom. The van der Waals surface area contributed by atoms with Crippen molar-refractivity contribution in [2.24, 2.45) is 5.73 Å². The maximum Gasteiger partial charge on any atom is 0.190 e. The van der Waals surface area contributed by atoms with Crippen molar-refractivity contribution in [3.8, 4) is 0 Å². The summed E-state index contributed by atoms with van der Waals surface area (Å²) in [6.07, 6.45) is 0.381. The normalized spacial score (nSPS) is 13.1. The van der Waals surface area contributed by atoms with Gasteiger partial charge < -0.3 is 11.1 Å². The van der Waals surface area contributed by atoms with E-state index in [4.69, 9.17) is 11.1 Å². The largest absolute Gasteiger partial charge is 0.370 e. The maximum atomic E-state index is 11.9. The molecule has 0 amide bonds. The average Bonchev–Trinajstić information content (AvgIpc) is 2.62. The monoisotopic (exact) mass is 225 g/mol. The molecule has 0 unspecified atom stereocenters. The highest BCUT2D eigenvalue weighted by Crippen LogP contribution is 2.35. The van der Waals surface area contributed by atoms with Crippen molar-refractivity contribution < 1.29 is 4.79 Å². The number of hydrogen-bond acceptors (Lipinski definition) is 2. The standard InChI is InChI=1S/C13H11N3O/c14-13(15)16-10-5-4-7-2-1-3-8-11(17)6-9(10)12(7)8/h1-5H,6H2,(H4,14,15,16). The van der Waals surface area contributed by atoms with Crippen LogP contribution in [0.3, 0.4) is 0 Å². The van der Waals surface area contributed by atoms with Crippen molar-refractivity contribution in [1.82, 2.24) is 0 Å². The van der Waals surface area contributed by atoms with Crippen LogP contribution in [-0.4, -0.2) is 11.7 Å². The summed E-state index contributed by atoms with van der Waals surface area (Å²) in [7, 11) is 0.